The number of primary amides is 1. The van der Waals surface area contributed by atoms with Crippen molar-refractivity contribution in [3.05, 3.63) is 11.8 Å². The second-order valence-electron chi connectivity index (χ2n) is 3.28. The van der Waals surface area contributed by atoms with Gasteiger partial charge in [-0.1, -0.05) is 0 Å². The van der Waals surface area contributed by atoms with Crippen LogP contribution >= 0.6 is 0 Å². The molecular formula is C8H12N4O. The summed E-state index contributed by atoms with van der Waals surface area (Å²) in [6.07, 6.45) is 2.54. The van der Waals surface area contributed by atoms with Crippen molar-refractivity contribution in [2.45, 2.75) is 19.4 Å². The smallest absolute Gasteiger partial charge is 0.254 e. The van der Waals surface area contributed by atoms with Crippen LogP contribution < -0.4 is 11.1 Å². The van der Waals surface area contributed by atoms with Crippen LogP contribution in [0.4, 0.5) is 5.82 Å². The van der Waals surface area contributed by atoms with Gasteiger partial charge in [-0.25, -0.2) is 4.68 Å². The van der Waals surface area contributed by atoms with Crippen molar-refractivity contribution in [3.63, 3.8) is 0 Å². The molecule has 0 aliphatic carbocycles. The van der Waals surface area contributed by atoms with Crippen molar-refractivity contribution in [2.24, 2.45) is 5.73 Å². The third-order valence-corrected chi connectivity index (χ3v) is 2.33. The largest absolute Gasteiger partial charge is 0.370 e. The van der Waals surface area contributed by atoms with Crippen molar-refractivity contribution >= 4 is 11.7 Å². The van der Waals surface area contributed by atoms with Crippen LogP contribution in [0, 0.1) is 0 Å². The summed E-state index contributed by atoms with van der Waals surface area (Å²) in [5, 5.41) is 7.23. The Balaban J connectivity index is 2.47. The number of anilines is 1. The lowest BCUT2D eigenvalue weighted by Gasteiger charge is -2.22. The van der Waals surface area contributed by atoms with Crippen LogP contribution in [-0.4, -0.2) is 22.2 Å². The minimum absolute atomic E-state index is 0.337. The lowest BCUT2D eigenvalue weighted by atomic mass is 10.2. The number of hydrogen-bond donors (Lipinski definition) is 2. The minimum Gasteiger partial charge on any atom is -0.370 e. The van der Waals surface area contributed by atoms with E-state index in [-0.39, 0.29) is 0 Å². The minimum atomic E-state index is -0.428. The van der Waals surface area contributed by atoms with E-state index in [0.717, 1.165) is 18.8 Å². The van der Waals surface area contributed by atoms with Crippen LogP contribution in [0.1, 0.15) is 29.7 Å². The molecule has 0 saturated heterocycles. The molecule has 0 saturated carbocycles. The molecule has 5 nitrogen and oxygen atoms in total. The van der Waals surface area contributed by atoms with E-state index in [0.29, 0.717) is 11.6 Å². The van der Waals surface area contributed by atoms with Gasteiger partial charge < -0.3 is 11.1 Å². The first-order valence-corrected chi connectivity index (χ1v) is 4.31. The van der Waals surface area contributed by atoms with E-state index in [4.69, 9.17) is 5.73 Å². The van der Waals surface area contributed by atoms with Crippen molar-refractivity contribution in [1.82, 2.24) is 9.78 Å². The molecule has 5 heteroatoms. The number of carbonyl (C=O) groups is 1. The van der Waals surface area contributed by atoms with E-state index >= 15 is 0 Å². The molecule has 3 N–H and O–H groups in total. The highest BCUT2D eigenvalue weighted by atomic mass is 16.1. The van der Waals surface area contributed by atoms with E-state index in [1.54, 1.807) is 0 Å². The highest BCUT2D eigenvalue weighted by Crippen LogP contribution is 2.25. The Morgan fingerprint density at radius 1 is 1.85 bits per heavy atom. The van der Waals surface area contributed by atoms with E-state index in [2.05, 4.69) is 17.3 Å². The molecule has 70 valence electrons. The van der Waals surface area contributed by atoms with Gasteiger partial charge in [0.05, 0.1) is 12.2 Å². The molecule has 0 fully saturated rings. The predicted octanol–water partition coefficient (Wildman–Crippen LogP) is 0.359. The van der Waals surface area contributed by atoms with E-state index in [9.17, 15) is 4.79 Å². The van der Waals surface area contributed by atoms with Gasteiger partial charge in [-0.3, -0.25) is 4.79 Å². The maximum absolute atomic E-state index is 11.0. The summed E-state index contributed by atoms with van der Waals surface area (Å²) in [7, 11) is 0. The van der Waals surface area contributed by atoms with Gasteiger partial charge in [-0.15, -0.1) is 0 Å². The van der Waals surface area contributed by atoms with Gasteiger partial charge in [0.2, 0.25) is 0 Å². The van der Waals surface area contributed by atoms with Crippen LogP contribution in [0.25, 0.3) is 0 Å². The zero-order valence-corrected chi connectivity index (χ0v) is 7.45. The number of hydrogen-bond acceptors (Lipinski definition) is 3. The molecule has 1 aliphatic heterocycles. The molecule has 1 aliphatic rings. The Labute approximate surface area is 75.9 Å². The second kappa shape index (κ2) is 2.76. The highest BCUT2D eigenvalue weighted by molar-refractivity contribution is 5.97. The number of amides is 1. The van der Waals surface area contributed by atoms with Crippen LogP contribution in [0.5, 0.6) is 0 Å². The Morgan fingerprint density at radius 2 is 2.62 bits per heavy atom. The zero-order chi connectivity index (χ0) is 9.42. The SMILES string of the molecule is CC1CCNc2c(C(N)=O)cnn21. The fourth-order valence-corrected chi connectivity index (χ4v) is 1.57. The third-order valence-electron chi connectivity index (χ3n) is 2.33. The number of carbonyl (C=O) groups excluding carboxylic acids is 1. The first kappa shape index (κ1) is 8.10. The summed E-state index contributed by atoms with van der Waals surface area (Å²) in [5.41, 5.74) is 5.67. The average Bonchev–Trinajstić information content (AvgIpc) is 2.48. The number of nitrogens with two attached hydrogens (primary N) is 1. The number of nitrogens with zero attached hydrogens (tertiary/aromatic N) is 2. The Kier molecular flexibility index (Phi) is 1.72. The summed E-state index contributed by atoms with van der Waals surface area (Å²) < 4.78 is 1.81. The molecule has 1 atom stereocenters. The summed E-state index contributed by atoms with van der Waals surface area (Å²) in [6, 6.07) is 0.337. The molecule has 2 rings (SSSR count). The summed E-state index contributed by atoms with van der Waals surface area (Å²) in [5.74, 6) is 0.328. The normalized spacial score (nSPS) is 20.5. The molecule has 2 heterocycles. The maximum atomic E-state index is 11.0. The van der Waals surface area contributed by atoms with Crippen LogP contribution in [-0.2, 0) is 0 Å². The van der Waals surface area contributed by atoms with Gasteiger partial charge in [-0.2, -0.15) is 5.10 Å². The highest BCUT2D eigenvalue weighted by Gasteiger charge is 2.21. The summed E-state index contributed by atoms with van der Waals surface area (Å²) in [4.78, 5) is 11.0. The van der Waals surface area contributed by atoms with Crippen molar-refractivity contribution < 1.29 is 4.79 Å². The van der Waals surface area contributed by atoms with Crippen LogP contribution in [0.3, 0.4) is 0 Å². The van der Waals surface area contributed by atoms with E-state index < -0.39 is 5.91 Å². The Morgan fingerprint density at radius 3 is 3.31 bits per heavy atom. The Bertz CT molecular complexity index is 344. The van der Waals surface area contributed by atoms with E-state index in [1.807, 2.05) is 4.68 Å². The molecule has 13 heavy (non-hydrogen) atoms. The van der Waals surface area contributed by atoms with Gasteiger partial charge in [0, 0.05) is 6.54 Å². The lowest BCUT2D eigenvalue weighted by Crippen LogP contribution is -2.23. The zero-order valence-electron chi connectivity index (χ0n) is 7.45. The molecule has 1 aromatic heterocycles. The fourth-order valence-electron chi connectivity index (χ4n) is 1.57. The first-order valence-electron chi connectivity index (χ1n) is 4.31. The van der Waals surface area contributed by atoms with Crippen LogP contribution in [0.2, 0.25) is 0 Å². The molecule has 0 bridgehead atoms. The quantitative estimate of drug-likeness (QED) is 0.655. The number of rotatable bonds is 1. The van der Waals surface area contributed by atoms with E-state index in [1.165, 1.54) is 6.20 Å². The molecule has 1 amide bonds. The van der Waals surface area contributed by atoms with Crippen molar-refractivity contribution in [2.75, 3.05) is 11.9 Å². The summed E-state index contributed by atoms with van der Waals surface area (Å²) >= 11 is 0. The van der Waals surface area contributed by atoms with Gasteiger partial charge in [0.1, 0.15) is 11.4 Å². The number of fused-ring (bicyclic) bond motifs is 1. The third kappa shape index (κ3) is 1.16. The standard InChI is InChI=1S/C8H12N4O/c1-5-2-3-10-8-6(7(9)13)4-11-12(5)8/h4-5,10H,2-3H2,1H3,(H2,9,13). The van der Waals surface area contributed by atoms with Crippen molar-refractivity contribution in [1.29, 1.82) is 0 Å². The Hall–Kier alpha value is -1.52. The number of aromatic nitrogens is 2. The molecular weight excluding hydrogens is 168 g/mol. The lowest BCUT2D eigenvalue weighted by molar-refractivity contribution is 0.100. The average molecular weight is 180 g/mol. The molecule has 1 unspecified atom stereocenters. The topological polar surface area (TPSA) is 72.9 Å². The first-order chi connectivity index (χ1) is 6.20. The molecule has 0 radical (unpaired) electrons. The van der Waals surface area contributed by atoms with Crippen molar-refractivity contribution in [3.8, 4) is 0 Å². The number of nitrogens with one attached hydrogen (secondary N) is 1. The maximum Gasteiger partial charge on any atom is 0.254 e. The molecule has 0 spiro atoms. The fraction of sp³-hybridized carbons (Fsp3) is 0.500. The van der Waals surface area contributed by atoms with Gasteiger partial charge >= 0.3 is 0 Å². The molecule has 1 aromatic rings. The summed E-state index contributed by atoms with van der Waals surface area (Å²) in [6.45, 7) is 2.94. The van der Waals surface area contributed by atoms with Crippen LogP contribution in [0.15, 0.2) is 6.20 Å². The van der Waals surface area contributed by atoms with Gasteiger partial charge in [-0.05, 0) is 13.3 Å². The molecule has 0 aromatic carbocycles. The monoisotopic (exact) mass is 180 g/mol. The predicted molar refractivity (Wildman–Crippen MR) is 48.6 cm³/mol. The van der Waals surface area contributed by atoms with Gasteiger partial charge in [0.25, 0.3) is 5.91 Å². The second-order valence-corrected chi connectivity index (χ2v) is 3.28. The van der Waals surface area contributed by atoms with Gasteiger partial charge in [0.15, 0.2) is 0 Å².